The molecule has 4 rings (SSSR count). The molecule has 0 unspecified atom stereocenters. The van der Waals surface area contributed by atoms with Gasteiger partial charge in [-0.05, 0) is 29.8 Å². The van der Waals surface area contributed by atoms with Crippen LogP contribution in [-0.4, -0.2) is 47.5 Å². The van der Waals surface area contributed by atoms with Crippen molar-refractivity contribution in [3.63, 3.8) is 0 Å². The van der Waals surface area contributed by atoms with Gasteiger partial charge in [0.25, 0.3) is 0 Å². The smallest absolute Gasteiger partial charge is 0.250 e. The van der Waals surface area contributed by atoms with Crippen LogP contribution in [0.1, 0.15) is 5.56 Å². The second-order valence-corrected chi connectivity index (χ2v) is 6.29. The number of benzene rings is 2. The number of rotatable bonds is 6. The van der Waals surface area contributed by atoms with E-state index in [1.807, 2.05) is 35.2 Å². The number of anilines is 4. The molecular weight excluding hydrogens is 373 g/mol. The summed E-state index contributed by atoms with van der Waals surface area (Å²) in [6.07, 6.45) is 1.57. The molecule has 1 fully saturated rings. The lowest BCUT2D eigenvalue weighted by molar-refractivity contribution is 0.122. The monoisotopic (exact) mass is 393 g/mol. The Morgan fingerprint density at radius 3 is 2.41 bits per heavy atom. The first kappa shape index (κ1) is 18.8. The second kappa shape index (κ2) is 9.07. The molecule has 0 saturated carbocycles. The van der Waals surface area contributed by atoms with E-state index in [0.717, 1.165) is 11.3 Å². The second-order valence-electron chi connectivity index (χ2n) is 6.29. The van der Waals surface area contributed by atoms with Gasteiger partial charge in [-0.1, -0.05) is 30.3 Å². The van der Waals surface area contributed by atoms with Gasteiger partial charge in [-0.2, -0.15) is 20.1 Å². The van der Waals surface area contributed by atoms with Gasteiger partial charge in [-0.3, -0.25) is 0 Å². The van der Waals surface area contributed by atoms with Crippen LogP contribution in [0.4, 0.5) is 27.9 Å². The normalized spacial score (nSPS) is 14.2. The highest BCUT2D eigenvalue weighted by molar-refractivity contribution is 5.79. The third-order valence-corrected chi connectivity index (χ3v) is 4.20. The Kier molecular flexibility index (Phi) is 5.87. The largest absolute Gasteiger partial charge is 0.378 e. The van der Waals surface area contributed by atoms with Crippen molar-refractivity contribution in [2.75, 3.05) is 41.9 Å². The lowest BCUT2D eigenvalue weighted by atomic mass is 10.2. The summed E-state index contributed by atoms with van der Waals surface area (Å²) in [5.74, 6) is 0.964. The first-order valence-electron chi connectivity index (χ1n) is 9.22. The maximum atomic E-state index is 13.0. The van der Waals surface area contributed by atoms with Crippen LogP contribution >= 0.6 is 0 Å². The Bertz CT molecular complexity index is 960. The van der Waals surface area contributed by atoms with Crippen molar-refractivity contribution >= 4 is 29.7 Å². The highest BCUT2D eigenvalue weighted by Gasteiger charge is 2.16. The maximum absolute atomic E-state index is 13.0. The van der Waals surface area contributed by atoms with Crippen LogP contribution in [0.3, 0.4) is 0 Å². The standard InChI is InChI=1S/C20H20FN7O/c21-16-8-6-15(7-9-16)14-22-27-19-24-18(23-17-4-2-1-3-5-17)25-20(26-19)28-10-12-29-13-11-28/h1-9,14H,10-13H2,(H2,23,24,25,26,27)/b22-14+. The number of para-hydroxylation sites is 1. The molecule has 1 aliphatic rings. The van der Waals surface area contributed by atoms with Gasteiger partial charge in [0.15, 0.2) is 0 Å². The zero-order valence-electron chi connectivity index (χ0n) is 15.6. The van der Waals surface area contributed by atoms with Crippen LogP contribution in [0.5, 0.6) is 0 Å². The average Bonchev–Trinajstić information content (AvgIpc) is 2.76. The third-order valence-electron chi connectivity index (χ3n) is 4.20. The fourth-order valence-corrected chi connectivity index (χ4v) is 2.74. The van der Waals surface area contributed by atoms with Crippen molar-refractivity contribution in [3.05, 3.63) is 66.0 Å². The van der Waals surface area contributed by atoms with Crippen molar-refractivity contribution in [1.82, 2.24) is 15.0 Å². The molecule has 0 bridgehead atoms. The number of aromatic nitrogens is 3. The maximum Gasteiger partial charge on any atom is 0.250 e. The number of ether oxygens (including phenoxy) is 1. The van der Waals surface area contributed by atoms with Crippen molar-refractivity contribution in [2.45, 2.75) is 0 Å². The predicted molar refractivity (Wildman–Crippen MR) is 110 cm³/mol. The Hall–Kier alpha value is -3.59. The molecule has 2 heterocycles. The molecule has 0 radical (unpaired) electrons. The average molecular weight is 393 g/mol. The summed E-state index contributed by atoms with van der Waals surface area (Å²) in [7, 11) is 0. The molecular formula is C20H20FN7O. The SMILES string of the molecule is Fc1ccc(/C=N/Nc2nc(Nc3ccccc3)nc(N3CCOCC3)n2)cc1. The van der Waals surface area contributed by atoms with Crippen LogP contribution < -0.4 is 15.6 Å². The topological polar surface area (TPSA) is 87.6 Å². The van der Waals surface area contributed by atoms with E-state index in [0.29, 0.717) is 44.1 Å². The molecule has 0 atom stereocenters. The molecule has 2 aromatic carbocycles. The van der Waals surface area contributed by atoms with E-state index in [1.165, 1.54) is 12.1 Å². The van der Waals surface area contributed by atoms with Crippen LogP contribution in [0.25, 0.3) is 0 Å². The molecule has 1 aliphatic heterocycles. The number of halogens is 1. The van der Waals surface area contributed by atoms with E-state index in [2.05, 4.69) is 30.8 Å². The first-order chi connectivity index (χ1) is 14.3. The van der Waals surface area contributed by atoms with Crippen LogP contribution in [-0.2, 0) is 4.74 Å². The van der Waals surface area contributed by atoms with Gasteiger partial charge in [0.2, 0.25) is 17.8 Å². The van der Waals surface area contributed by atoms with Crippen molar-refractivity contribution in [2.24, 2.45) is 5.10 Å². The first-order valence-corrected chi connectivity index (χ1v) is 9.22. The molecule has 1 saturated heterocycles. The molecule has 29 heavy (non-hydrogen) atoms. The van der Waals surface area contributed by atoms with E-state index in [9.17, 15) is 4.39 Å². The summed E-state index contributed by atoms with van der Waals surface area (Å²) < 4.78 is 18.4. The summed E-state index contributed by atoms with van der Waals surface area (Å²) in [5, 5.41) is 7.34. The number of hydrogen-bond donors (Lipinski definition) is 2. The van der Waals surface area contributed by atoms with Gasteiger partial charge >= 0.3 is 0 Å². The Labute approximate surface area is 167 Å². The summed E-state index contributed by atoms with van der Waals surface area (Å²) in [6, 6.07) is 15.7. The van der Waals surface area contributed by atoms with Gasteiger partial charge in [-0.15, -0.1) is 0 Å². The van der Waals surface area contributed by atoms with Crippen LogP contribution in [0, 0.1) is 5.82 Å². The van der Waals surface area contributed by atoms with Gasteiger partial charge in [-0.25, -0.2) is 9.82 Å². The van der Waals surface area contributed by atoms with Gasteiger partial charge in [0.05, 0.1) is 19.4 Å². The molecule has 0 amide bonds. The number of nitrogens with zero attached hydrogens (tertiary/aromatic N) is 5. The number of hydrogen-bond acceptors (Lipinski definition) is 8. The summed E-state index contributed by atoms with van der Waals surface area (Å²) in [6.45, 7) is 2.65. The zero-order valence-corrected chi connectivity index (χ0v) is 15.6. The van der Waals surface area contributed by atoms with E-state index in [-0.39, 0.29) is 5.82 Å². The number of nitrogens with one attached hydrogen (secondary N) is 2. The van der Waals surface area contributed by atoms with Gasteiger partial charge < -0.3 is 15.0 Å². The van der Waals surface area contributed by atoms with Gasteiger partial charge in [0, 0.05) is 18.8 Å². The molecule has 2 N–H and O–H groups in total. The quantitative estimate of drug-likeness (QED) is 0.492. The number of morpholine rings is 1. The van der Waals surface area contributed by atoms with Gasteiger partial charge in [0.1, 0.15) is 5.82 Å². The fourth-order valence-electron chi connectivity index (χ4n) is 2.74. The minimum absolute atomic E-state index is 0.292. The lowest BCUT2D eigenvalue weighted by Gasteiger charge is -2.27. The minimum Gasteiger partial charge on any atom is -0.378 e. The lowest BCUT2D eigenvalue weighted by Crippen LogP contribution is -2.37. The fraction of sp³-hybridized carbons (Fsp3) is 0.200. The summed E-state index contributed by atoms with van der Waals surface area (Å²) >= 11 is 0. The Morgan fingerprint density at radius 2 is 1.66 bits per heavy atom. The zero-order chi connectivity index (χ0) is 19.9. The molecule has 148 valence electrons. The molecule has 1 aromatic heterocycles. The van der Waals surface area contributed by atoms with E-state index < -0.39 is 0 Å². The Morgan fingerprint density at radius 1 is 0.931 bits per heavy atom. The van der Waals surface area contributed by atoms with Crippen LogP contribution in [0.15, 0.2) is 59.7 Å². The van der Waals surface area contributed by atoms with Crippen molar-refractivity contribution < 1.29 is 9.13 Å². The third kappa shape index (κ3) is 5.23. The minimum atomic E-state index is -0.292. The highest BCUT2D eigenvalue weighted by Crippen LogP contribution is 2.18. The predicted octanol–water partition coefficient (Wildman–Crippen LogP) is 3.04. The van der Waals surface area contributed by atoms with E-state index in [4.69, 9.17) is 4.74 Å². The molecule has 0 aliphatic carbocycles. The number of hydrazone groups is 1. The molecule has 9 heteroatoms. The van der Waals surface area contributed by atoms with E-state index in [1.54, 1.807) is 18.3 Å². The van der Waals surface area contributed by atoms with Crippen molar-refractivity contribution in [3.8, 4) is 0 Å². The molecule has 8 nitrogen and oxygen atoms in total. The van der Waals surface area contributed by atoms with Crippen molar-refractivity contribution in [1.29, 1.82) is 0 Å². The van der Waals surface area contributed by atoms with Crippen LogP contribution in [0.2, 0.25) is 0 Å². The molecule has 3 aromatic rings. The summed E-state index contributed by atoms with van der Waals surface area (Å²) in [4.78, 5) is 15.4. The Balaban J connectivity index is 1.55. The molecule has 0 spiro atoms. The highest BCUT2D eigenvalue weighted by atomic mass is 19.1. The van der Waals surface area contributed by atoms with E-state index >= 15 is 0 Å². The summed E-state index contributed by atoms with van der Waals surface area (Å²) in [5.41, 5.74) is 4.45.